The minimum atomic E-state index is -0.0664. The molecule has 0 aliphatic carbocycles. The van der Waals surface area contributed by atoms with Gasteiger partial charge in [0, 0.05) is 30.6 Å². The van der Waals surface area contributed by atoms with Crippen molar-refractivity contribution < 1.29 is 5.11 Å². The maximum absolute atomic E-state index is 12.4. The summed E-state index contributed by atoms with van der Waals surface area (Å²) in [6.45, 7) is 3.27. The van der Waals surface area contributed by atoms with Crippen molar-refractivity contribution in [3.05, 3.63) is 76.3 Å². The van der Waals surface area contributed by atoms with Crippen molar-refractivity contribution in [2.24, 2.45) is 0 Å². The van der Waals surface area contributed by atoms with E-state index in [1.165, 1.54) is 0 Å². The minimum Gasteiger partial charge on any atom is -0.396 e. The molecule has 0 fully saturated rings. The van der Waals surface area contributed by atoms with Crippen LogP contribution in [0, 0.1) is 6.92 Å². The average Bonchev–Trinajstić information content (AvgIpc) is 2.59. The monoisotopic (exact) mass is 323 g/mol. The maximum Gasteiger partial charge on any atom is 0.258 e. The molecule has 0 bridgehead atoms. The van der Waals surface area contributed by atoms with Gasteiger partial charge in [0.05, 0.1) is 12.2 Å². The first-order valence-electron chi connectivity index (χ1n) is 8.08. The van der Waals surface area contributed by atoms with Gasteiger partial charge in [0.2, 0.25) is 0 Å². The normalized spacial score (nSPS) is 10.9. The Morgan fingerprint density at radius 2 is 1.92 bits per heavy atom. The zero-order valence-electron chi connectivity index (χ0n) is 13.7. The van der Waals surface area contributed by atoms with Crippen LogP contribution in [-0.4, -0.2) is 27.6 Å². The molecule has 5 nitrogen and oxygen atoms in total. The van der Waals surface area contributed by atoms with E-state index in [1.807, 2.05) is 55.5 Å². The van der Waals surface area contributed by atoms with Crippen LogP contribution in [0.15, 0.2) is 59.4 Å². The molecule has 1 N–H and O–H groups in total. The van der Waals surface area contributed by atoms with Gasteiger partial charge in [-0.1, -0.05) is 24.3 Å². The number of fused-ring (bicyclic) bond motifs is 1. The van der Waals surface area contributed by atoms with Crippen LogP contribution >= 0.6 is 0 Å². The lowest BCUT2D eigenvalue weighted by Gasteiger charge is -2.24. The van der Waals surface area contributed by atoms with E-state index in [1.54, 1.807) is 10.5 Å². The van der Waals surface area contributed by atoms with Gasteiger partial charge in [0.15, 0.2) is 0 Å². The zero-order chi connectivity index (χ0) is 16.9. The zero-order valence-corrected chi connectivity index (χ0v) is 13.7. The predicted molar refractivity (Wildman–Crippen MR) is 95.4 cm³/mol. The lowest BCUT2D eigenvalue weighted by molar-refractivity contribution is 0.289. The fraction of sp³-hybridized carbons (Fsp3) is 0.263. The molecular weight excluding hydrogens is 302 g/mol. The SMILES string of the molecule is Cc1cccc2nc(CN(CCCO)c3ccccc3)cc(=O)n12. The number of anilines is 1. The minimum absolute atomic E-state index is 0.0664. The summed E-state index contributed by atoms with van der Waals surface area (Å²) in [4.78, 5) is 19.2. The standard InChI is InChI=1S/C19H21N3O2/c1-15-7-5-10-18-20-16(13-19(24)22(15)18)14-21(11-6-12-23)17-8-3-2-4-9-17/h2-5,7-10,13,23H,6,11-12,14H2,1H3. The number of para-hydroxylation sites is 1. The molecule has 2 aromatic heterocycles. The Hall–Kier alpha value is -2.66. The summed E-state index contributed by atoms with van der Waals surface area (Å²) < 4.78 is 1.62. The fourth-order valence-corrected chi connectivity index (χ4v) is 2.84. The van der Waals surface area contributed by atoms with Crippen LogP contribution < -0.4 is 10.5 Å². The number of hydrogen-bond donors (Lipinski definition) is 1. The van der Waals surface area contributed by atoms with Crippen LogP contribution in [0.25, 0.3) is 5.65 Å². The van der Waals surface area contributed by atoms with Gasteiger partial charge in [-0.3, -0.25) is 9.20 Å². The molecule has 124 valence electrons. The summed E-state index contributed by atoms with van der Waals surface area (Å²) in [5, 5.41) is 9.15. The summed E-state index contributed by atoms with van der Waals surface area (Å²) in [5.74, 6) is 0. The third kappa shape index (κ3) is 3.46. The average molecular weight is 323 g/mol. The van der Waals surface area contributed by atoms with E-state index in [0.717, 1.165) is 17.1 Å². The molecule has 24 heavy (non-hydrogen) atoms. The number of benzene rings is 1. The summed E-state index contributed by atoms with van der Waals surface area (Å²) in [6.07, 6.45) is 0.667. The summed E-state index contributed by atoms with van der Waals surface area (Å²) in [7, 11) is 0. The Morgan fingerprint density at radius 1 is 1.12 bits per heavy atom. The number of hydrogen-bond acceptors (Lipinski definition) is 4. The van der Waals surface area contributed by atoms with E-state index in [4.69, 9.17) is 5.11 Å². The van der Waals surface area contributed by atoms with Crippen LogP contribution in [0.3, 0.4) is 0 Å². The first-order chi connectivity index (χ1) is 11.7. The number of aliphatic hydroxyl groups excluding tert-OH is 1. The molecule has 0 saturated heterocycles. The first kappa shape index (κ1) is 16.2. The number of rotatable bonds is 6. The Kier molecular flexibility index (Phi) is 4.91. The molecule has 2 heterocycles. The van der Waals surface area contributed by atoms with Crippen molar-refractivity contribution in [2.75, 3.05) is 18.1 Å². The lowest BCUT2D eigenvalue weighted by Crippen LogP contribution is -2.27. The third-order valence-electron chi connectivity index (χ3n) is 3.99. The molecule has 0 aliphatic heterocycles. The molecule has 1 aromatic carbocycles. The van der Waals surface area contributed by atoms with Crippen LogP contribution in [-0.2, 0) is 6.54 Å². The molecule has 3 aromatic rings. The van der Waals surface area contributed by atoms with Crippen molar-refractivity contribution >= 4 is 11.3 Å². The highest BCUT2D eigenvalue weighted by molar-refractivity contribution is 5.47. The largest absolute Gasteiger partial charge is 0.396 e. The lowest BCUT2D eigenvalue weighted by atomic mass is 10.2. The second-order valence-electron chi connectivity index (χ2n) is 5.78. The number of aromatic nitrogens is 2. The topological polar surface area (TPSA) is 57.8 Å². The van der Waals surface area contributed by atoms with E-state index in [2.05, 4.69) is 9.88 Å². The Balaban J connectivity index is 1.95. The molecule has 0 spiro atoms. The van der Waals surface area contributed by atoms with Gasteiger partial charge in [0.1, 0.15) is 5.65 Å². The van der Waals surface area contributed by atoms with Gasteiger partial charge in [-0.25, -0.2) is 4.98 Å². The number of nitrogens with zero attached hydrogens (tertiary/aromatic N) is 3. The summed E-state index contributed by atoms with van der Waals surface area (Å²) in [6, 6.07) is 17.2. The predicted octanol–water partition coefficient (Wildman–Crippen LogP) is 2.39. The van der Waals surface area contributed by atoms with Gasteiger partial charge in [-0.15, -0.1) is 0 Å². The Labute approximate surface area is 140 Å². The highest BCUT2D eigenvalue weighted by Crippen LogP contribution is 2.16. The van der Waals surface area contributed by atoms with Crippen LogP contribution in [0.5, 0.6) is 0 Å². The van der Waals surface area contributed by atoms with Gasteiger partial charge in [0.25, 0.3) is 5.56 Å². The van der Waals surface area contributed by atoms with Crippen molar-refractivity contribution in [3.63, 3.8) is 0 Å². The second-order valence-corrected chi connectivity index (χ2v) is 5.78. The number of pyridine rings is 1. The quantitative estimate of drug-likeness (QED) is 0.757. The fourth-order valence-electron chi connectivity index (χ4n) is 2.84. The molecule has 0 atom stereocenters. The Morgan fingerprint density at radius 3 is 2.67 bits per heavy atom. The first-order valence-corrected chi connectivity index (χ1v) is 8.08. The summed E-state index contributed by atoms with van der Waals surface area (Å²) >= 11 is 0. The molecule has 0 radical (unpaired) electrons. The molecule has 0 unspecified atom stereocenters. The van der Waals surface area contributed by atoms with E-state index < -0.39 is 0 Å². The van der Waals surface area contributed by atoms with Gasteiger partial charge in [-0.05, 0) is 37.6 Å². The van der Waals surface area contributed by atoms with E-state index >= 15 is 0 Å². The second kappa shape index (κ2) is 7.27. The highest BCUT2D eigenvalue weighted by atomic mass is 16.3. The molecule has 0 amide bonds. The van der Waals surface area contributed by atoms with E-state index in [0.29, 0.717) is 25.2 Å². The molecule has 0 saturated carbocycles. The Bertz CT molecular complexity index is 875. The number of aryl methyl sites for hydroxylation is 1. The molecule has 3 rings (SSSR count). The van der Waals surface area contributed by atoms with E-state index in [9.17, 15) is 4.79 Å². The van der Waals surface area contributed by atoms with Crippen molar-refractivity contribution in [2.45, 2.75) is 19.9 Å². The van der Waals surface area contributed by atoms with Gasteiger partial charge in [-0.2, -0.15) is 0 Å². The highest BCUT2D eigenvalue weighted by Gasteiger charge is 2.10. The molecular formula is C19H21N3O2. The van der Waals surface area contributed by atoms with Crippen molar-refractivity contribution in [1.82, 2.24) is 9.38 Å². The van der Waals surface area contributed by atoms with Crippen LogP contribution in [0.4, 0.5) is 5.69 Å². The number of aliphatic hydroxyl groups is 1. The van der Waals surface area contributed by atoms with Crippen molar-refractivity contribution in [1.29, 1.82) is 0 Å². The maximum atomic E-state index is 12.4. The van der Waals surface area contributed by atoms with Gasteiger partial charge >= 0.3 is 0 Å². The van der Waals surface area contributed by atoms with E-state index in [-0.39, 0.29) is 12.2 Å². The van der Waals surface area contributed by atoms with Crippen molar-refractivity contribution in [3.8, 4) is 0 Å². The summed E-state index contributed by atoms with van der Waals surface area (Å²) in [5.41, 5.74) is 3.25. The van der Waals surface area contributed by atoms with Gasteiger partial charge < -0.3 is 10.0 Å². The molecule has 0 aliphatic rings. The van der Waals surface area contributed by atoms with Crippen LogP contribution in [0.2, 0.25) is 0 Å². The third-order valence-corrected chi connectivity index (χ3v) is 3.99. The smallest absolute Gasteiger partial charge is 0.258 e. The van der Waals surface area contributed by atoms with Crippen LogP contribution in [0.1, 0.15) is 17.8 Å². The molecule has 5 heteroatoms.